The third kappa shape index (κ3) is 1.98. The Morgan fingerprint density at radius 1 is 1.18 bits per heavy atom. The van der Waals surface area contributed by atoms with E-state index >= 15 is 0 Å². The highest BCUT2D eigenvalue weighted by atomic mass is 15.4. The fourth-order valence-corrected chi connectivity index (χ4v) is 2.07. The molecule has 4 nitrogen and oxygen atoms in total. The average molecular weight is 230 g/mol. The van der Waals surface area contributed by atoms with Gasteiger partial charge >= 0.3 is 0 Å². The summed E-state index contributed by atoms with van der Waals surface area (Å²) in [4.78, 5) is 4.49. The Morgan fingerprint density at radius 3 is 2.24 bits per heavy atom. The molecule has 0 spiro atoms. The molecule has 4 heteroatoms. The van der Waals surface area contributed by atoms with E-state index in [1.165, 1.54) is 15.8 Å². The minimum Gasteiger partial charge on any atom is -0.382 e. The summed E-state index contributed by atoms with van der Waals surface area (Å²) in [7, 11) is 0. The Labute approximate surface area is 101 Å². The molecule has 0 amide bonds. The summed E-state index contributed by atoms with van der Waals surface area (Å²) in [5, 5.41) is 0. The minimum atomic E-state index is 0.520. The Morgan fingerprint density at radius 2 is 1.76 bits per heavy atom. The lowest BCUT2D eigenvalue weighted by Crippen LogP contribution is -2.14. The van der Waals surface area contributed by atoms with Crippen LogP contribution >= 0.6 is 0 Å². The summed E-state index contributed by atoms with van der Waals surface area (Å²) in [5.41, 5.74) is 10.2. The van der Waals surface area contributed by atoms with Gasteiger partial charge in [0, 0.05) is 12.0 Å². The second-order valence-corrected chi connectivity index (χ2v) is 4.36. The number of benzene rings is 1. The number of anilines is 1. The predicted molar refractivity (Wildman–Crippen MR) is 71.1 cm³/mol. The van der Waals surface area contributed by atoms with Crippen LogP contribution in [0.5, 0.6) is 0 Å². The van der Waals surface area contributed by atoms with Gasteiger partial charge in [-0.15, -0.1) is 0 Å². The van der Waals surface area contributed by atoms with E-state index in [0.29, 0.717) is 5.82 Å². The molecule has 1 aromatic carbocycles. The van der Waals surface area contributed by atoms with Crippen molar-refractivity contribution in [3.8, 4) is 11.3 Å². The number of hydrogen-bond acceptors (Lipinski definition) is 3. The van der Waals surface area contributed by atoms with Crippen LogP contribution in [0.25, 0.3) is 11.3 Å². The highest BCUT2D eigenvalue weighted by molar-refractivity contribution is 5.72. The standard InChI is InChI=1S/C13H18N4/c1-4-11-16-12(13(14)17(11)15)10-6-8(2)5-9(3)7-10/h5-7H,4,14-15H2,1-3H3. The van der Waals surface area contributed by atoms with E-state index in [9.17, 15) is 0 Å². The average Bonchev–Trinajstić information content (AvgIpc) is 2.54. The smallest absolute Gasteiger partial charge is 0.150 e. The number of rotatable bonds is 2. The number of nitrogens with zero attached hydrogens (tertiary/aromatic N) is 2. The highest BCUT2D eigenvalue weighted by Crippen LogP contribution is 2.26. The number of hydrogen-bond donors (Lipinski definition) is 2. The van der Waals surface area contributed by atoms with Crippen molar-refractivity contribution in [1.29, 1.82) is 0 Å². The first-order chi connectivity index (χ1) is 8.02. The Hall–Kier alpha value is -1.97. The second kappa shape index (κ2) is 4.13. The van der Waals surface area contributed by atoms with Gasteiger partial charge in [-0.25, -0.2) is 9.66 Å². The molecule has 0 atom stereocenters. The highest BCUT2D eigenvalue weighted by Gasteiger charge is 2.13. The first-order valence-electron chi connectivity index (χ1n) is 5.73. The summed E-state index contributed by atoms with van der Waals surface area (Å²) < 4.78 is 1.47. The topological polar surface area (TPSA) is 69.9 Å². The zero-order chi connectivity index (χ0) is 12.6. The zero-order valence-electron chi connectivity index (χ0n) is 10.5. The SMILES string of the molecule is CCc1nc(-c2cc(C)cc(C)c2)c(N)n1N. The van der Waals surface area contributed by atoms with Crippen molar-refractivity contribution in [3.63, 3.8) is 0 Å². The summed E-state index contributed by atoms with van der Waals surface area (Å²) in [6, 6.07) is 6.27. The first-order valence-corrected chi connectivity index (χ1v) is 5.73. The summed E-state index contributed by atoms with van der Waals surface area (Å²) in [6.45, 7) is 6.14. The largest absolute Gasteiger partial charge is 0.382 e. The van der Waals surface area contributed by atoms with Crippen LogP contribution < -0.4 is 11.6 Å². The monoisotopic (exact) mass is 230 g/mol. The van der Waals surface area contributed by atoms with Crippen molar-refractivity contribution < 1.29 is 0 Å². The van der Waals surface area contributed by atoms with Crippen molar-refractivity contribution >= 4 is 5.82 Å². The van der Waals surface area contributed by atoms with Crippen molar-refractivity contribution in [2.24, 2.45) is 0 Å². The lowest BCUT2D eigenvalue weighted by atomic mass is 10.1. The molecule has 2 aromatic rings. The van der Waals surface area contributed by atoms with Crippen LogP contribution in [0.1, 0.15) is 23.9 Å². The van der Waals surface area contributed by atoms with Gasteiger partial charge in [0.1, 0.15) is 11.5 Å². The van der Waals surface area contributed by atoms with Gasteiger partial charge in [0.2, 0.25) is 0 Å². The molecule has 0 bridgehead atoms. The molecule has 1 heterocycles. The number of nitrogens with two attached hydrogens (primary N) is 2. The van der Waals surface area contributed by atoms with Crippen molar-refractivity contribution in [3.05, 3.63) is 35.2 Å². The van der Waals surface area contributed by atoms with Gasteiger partial charge in [0.25, 0.3) is 0 Å². The van der Waals surface area contributed by atoms with E-state index in [2.05, 4.69) is 37.0 Å². The number of aromatic nitrogens is 2. The first kappa shape index (κ1) is 11.5. The van der Waals surface area contributed by atoms with Crippen LogP contribution in [-0.2, 0) is 6.42 Å². The molecule has 0 fully saturated rings. The fourth-order valence-electron chi connectivity index (χ4n) is 2.07. The van der Waals surface area contributed by atoms with Gasteiger partial charge in [-0.3, -0.25) is 0 Å². The lowest BCUT2D eigenvalue weighted by molar-refractivity contribution is 0.865. The molecule has 0 aliphatic carbocycles. The summed E-state index contributed by atoms with van der Waals surface area (Å²) >= 11 is 0. The third-order valence-corrected chi connectivity index (χ3v) is 2.83. The molecular weight excluding hydrogens is 212 g/mol. The van der Waals surface area contributed by atoms with Gasteiger partial charge < -0.3 is 11.6 Å². The molecule has 1 aromatic heterocycles. The molecular formula is C13H18N4. The van der Waals surface area contributed by atoms with Crippen LogP contribution in [-0.4, -0.2) is 9.66 Å². The quantitative estimate of drug-likeness (QED) is 0.775. The van der Waals surface area contributed by atoms with E-state index in [1.54, 1.807) is 0 Å². The maximum absolute atomic E-state index is 5.99. The van der Waals surface area contributed by atoms with Gasteiger partial charge in [0.15, 0.2) is 5.82 Å². The molecule has 0 saturated carbocycles. The van der Waals surface area contributed by atoms with Crippen molar-refractivity contribution in [2.75, 3.05) is 11.6 Å². The molecule has 0 aliphatic rings. The van der Waals surface area contributed by atoms with Crippen LogP contribution in [0.2, 0.25) is 0 Å². The Balaban J connectivity index is 2.60. The predicted octanol–water partition coefficient (Wildman–Crippen LogP) is 2.03. The maximum Gasteiger partial charge on any atom is 0.150 e. The molecule has 4 N–H and O–H groups in total. The molecule has 0 unspecified atom stereocenters. The normalized spacial score (nSPS) is 10.8. The Kier molecular flexibility index (Phi) is 2.79. The van der Waals surface area contributed by atoms with Crippen LogP contribution in [0, 0.1) is 13.8 Å². The van der Waals surface area contributed by atoms with Crippen LogP contribution in [0.15, 0.2) is 18.2 Å². The van der Waals surface area contributed by atoms with Gasteiger partial charge in [-0.1, -0.05) is 24.1 Å². The van der Waals surface area contributed by atoms with Gasteiger partial charge in [-0.2, -0.15) is 0 Å². The fraction of sp³-hybridized carbons (Fsp3) is 0.308. The lowest BCUT2D eigenvalue weighted by Gasteiger charge is -2.03. The zero-order valence-corrected chi connectivity index (χ0v) is 10.5. The van der Waals surface area contributed by atoms with Crippen LogP contribution in [0.4, 0.5) is 5.82 Å². The Bertz CT molecular complexity index is 535. The van der Waals surface area contributed by atoms with E-state index in [-0.39, 0.29) is 0 Å². The van der Waals surface area contributed by atoms with E-state index in [4.69, 9.17) is 11.6 Å². The van der Waals surface area contributed by atoms with E-state index in [0.717, 1.165) is 23.5 Å². The van der Waals surface area contributed by atoms with Gasteiger partial charge in [-0.05, 0) is 26.0 Å². The molecule has 2 rings (SSSR count). The van der Waals surface area contributed by atoms with Crippen molar-refractivity contribution in [1.82, 2.24) is 9.66 Å². The van der Waals surface area contributed by atoms with E-state index < -0.39 is 0 Å². The van der Waals surface area contributed by atoms with E-state index in [1.807, 2.05) is 6.92 Å². The number of imidazole rings is 1. The molecule has 0 saturated heterocycles. The minimum absolute atomic E-state index is 0.520. The molecule has 0 aliphatic heterocycles. The third-order valence-electron chi connectivity index (χ3n) is 2.83. The summed E-state index contributed by atoms with van der Waals surface area (Å²) in [6.07, 6.45) is 0.769. The maximum atomic E-state index is 5.99. The number of nitrogen functional groups attached to an aromatic ring is 2. The second-order valence-electron chi connectivity index (χ2n) is 4.36. The summed E-state index contributed by atoms with van der Waals surface area (Å²) in [5.74, 6) is 7.18. The van der Waals surface area contributed by atoms with Crippen molar-refractivity contribution in [2.45, 2.75) is 27.2 Å². The molecule has 90 valence electrons. The molecule has 17 heavy (non-hydrogen) atoms. The van der Waals surface area contributed by atoms with Crippen LogP contribution in [0.3, 0.4) is 0 Å². The van der Waals surface area contributed by atoms with Gasteiger partial charge in [0.05, 0.1) is 0 Å². The molecule has 0 radical (unpaired) electrons. The number of aryl methyl sites for hydroxylation is 3.